The van der Waals surface area contributed by atoms with Gasteiger partial charge in [-0.25, -0.2) is 4.79 Å². The van der Waals surface area contributed by atoms with Crippen LogP contribution in [0, 0.1) is 0 Å². The van der Waals surface area contributed by atoms with Gasteiger partial charge in [0.15, 0.2) is 0 Å². The third-order valence-corrected chi connectivity index (χ3v) is 1.44. The first kappa shape index (κ1) is 7.82. The van der Waals surface area contributed by atoms with E-state index in [-0.39, 0.29) is 0 Å². The molecule has 0 aliphatic rings. The van der Waals surface area contributed by atoms with E-state index in [0.29, 0.717) is 11.2 Å². The molecule has 0 N–H and O–H groups in total. The highest BCUT2D eigenvalue weighted by atomic mass is 32.2. The summed E-state index contributed by atoms with van der Waals surface area (Å²) in [7, 11) is 0. The van der Waals surface area contributed by atoms with Gasteiger partial charge in [-0.05, 0) is 0 Å². The van der Waals surface area contributed by atoms with Crippen LogP contribution < -0.4 is 0 Å². The minimum atomic E-state index is 0.418. The smallest absolute Gasteiger partial charge is 0.418 e. The normalized spacial score (nSPS) is 9.38. The molecule has 2 nitrogen and oxygen atoms in total. The van der Waals surface area contributed by atoms with Crippen molar-refractivity contribution in [1.82, 2.24) is 0 Å². The van der Waals surface area contributed by atoms with Crippen LogP contribution in [0.15, 0.2) is 0 Å². The lowest BCUT2D eigenvalue weighted by atomic mass is 10.6. The van der Waals surface area contributed by atoms with Crippen molar-refractivity contribution in [1.29, 1.82) is 0 Å². The second-order valence-corrected chi connectivity index (χ2v) is 3.07. The molecule has 0 aliphatic heterocycles. The maximum Gasteiger partial charge on any atom is 0.418 e. The molecule has 0 rings (SSSR count). The Labute approximate surface area is 53.6 Å². The minimum Gasteiger partial charge on any atom is -0.446 e. The Morgan fingerprint density at radius 2 is 2.38 bits per heavy atom. The summed E-state index contributed by atoms with van der Waals surface area (Å²) in [5.41, 5.74) is 0. The molecule has 0 saturated carbocycles. The van der Waals surface area contributed by atoms with Gasteiger partial charge in [0, 0.05) is 5.25 Å². The summed E-state index contributed by atoms with van der Waals surface area (Å²) in [5.74, 6) is 0.418. The van der Waals surface area contributed by atoms with E-state index in [1.807, 2.05) is 13.8 Å². The number of carbonyl (C=O) groups excluding carboxylic acids is 1. The van der Waals surface area contributed by atoms with Crippen LogP contribution >= 0.6 is 11.8 Å². The highest BCUT2D eigenvalue weighted by Gasteiger charge is 1.91. The lowest BCUT2D eigenvalue weighted by Crippen LogP contribution is -1.92. The predicted molar refractivity (Wildman–Crippen MR) is 34.4 cm³/mol. The lowest BCUT2D eigenvalue weighted by molar-refractivity contribution is 0.336. The summed E-state index contributed by atoms with van der Waals surface area (Å²) in [4.78, 5) is 9.43. The van der Waals surface area contributed by atoms with Gasteiger partial charge in [-0.1, -0.05) is 13.8 Å². The van der Waals surface area contributed by atoms with Crippen LogP contribution in [-0.4, -0.2) is 17.7 Å². The van der Waals surface area contributed by atoms with E-state index >= 15 is 0 Å². The molecular formula is C5H9O2S. The van der Waals surface area contributed by atoms with Crippen LogP contribution in [-0.2, 0) is 9.53 Å². The fourth-order valence-electron chi connectivity index (χ4n) is 0.194. The first-order chi connectivity index (χ1) is 3.77. The fraction of sp³-hybridized carbons (Fsp3) is 0.800. The van der Waals surface area contributed by atoms with Gasteiger partial charge in [-0.15, -0.1) is 11.8 Å². The highest BCUT2D eigenvalue weighted by molar-refractivity contribution is 7.99. The van der Waals surface area contributed by atoms with E-state index in [4.69, 9.17) is 0 Å². The minimum absolute atomic E-state index is 0.418. The van der Waals surface area contributed by atoms with Crippen molar-refractivity contribution in [3.63, 3.8) is 0 Å². The van der Waals surface area contributed by atoms with Crippen LogP contribution in [0.3, 0.4) is 0 Å². The van der Waals surface area contributed by atoms with Crippen LogP contribution in [0.5, 0.6) is 0 Å². The molecule has 0 aliphatic carbocycles. The van der Waals surface area contributed by atoms with Gasteiger partial charge in [0.25, 0.3) is 0 Å². The molecular weight excluding hydrogens is 124 g/mol. The Balaban J connectivity index is 2.81. The van der Waals surface area contributed by atoms with Gasteiger partial charge in [0.1, 0.15) is 5.94 Å². The third kappa shape index (κ3) is 5.82. The Bertz CT molecular complexity index is 63.4. The van der Waals surface area contributed by atoms with Crippen molar-refractivity contribution in [2.24, 2.45) is 0 Å². The van der Waals surface area contributed by atoms with Crippen molar-refractivity contribution in [2.45, 2.75) is 19.1 Å². The molecule has 8 heavy (non-hydrogen) atoms. The van der Waals surface area contributed by atoms with Crippen LogP contribution in [0.25, 0.3) is 0 Å². The SMILES string of the molecule is CC(C)SCO[C]=O. The number of rotatable bonds is 4. The molecule has 0 saturated heterocycles. The molecule has 0 bridgehead atoms. The van der Waals surface area contributed by atoms with Gasteiger partial charge < -0.3 is 4.74 Å². The molecule has 0 fully saturated rings. The maximum absolute atomic E-state index is 9.43. The summed E-state index contributed by atoms with van der Waals surface area (Å²) in [6.07, 6.45) is 0. The standard InChI is InChI=1S/C5H9O2S/c1-5(2)8-4-7-3-6/h5H,4H2,1-2H3. The first-order valence-corrected chi connectivity index (χ1v) is 3.42. The average Bonchev–Trinajstić information content (AvgIpc) is 1.66. The molecule has 0 aromatic heterocycles. The molecule has 47 valence electrons. The average molecular weight is 133 g/mol. The van der Waals surface area contributed by atoms with Crippen molar-refractivity contribution >= 4 is 18.2 Å². The zero-order valence-electron chi connectivity index (χ0n) is 5.01. The zero-order valence-corrected chi connectivity index (χ0v) is 5.83. The predicted octanol–water partition coefficient (Wildman–Crippen LogP) is 1.17. The number of thioether (sulfide) groups is 1. The summed E-state index contributed by atoms with van der Waals surface area (Å²) < 4.78 is 4.30. The first-order valence-electron chi connectivity index (χ1n) is 2.38. The monoisotopic (exact) mass is 133 g/mol. The molecule has 0 atom stereocenters. The van der Waals surface area contributed by atoms with Gasteiger partial charge in [-0.2, -0.15) is 0 Å². The van der Waals surface area contributed by atoms with E-state index in [9.17, 15) is 4.79 Å². The number of hydrogen-bond acceptors (Lipinski definition) is 3. The summed E-state index contributed by atoms with van der Waals surface area (Å²) in [5, 5.41) is 0.517. The van der Waals surface area contributed by atoms with E-state index in [0.717, 1.165) is 0 Å². The molecule has 0 aromatic rings. The number of hydrogen-bond donors (Lipinski definition) is 0. The Morgan fingerprint density at radius 3 is 2.75 bits per heavy atom. The summed E-state index contributed by atoms with van der Waals surface area (Å²) >= 11 is 1.57. The third-order valence-electron chi connectivity index (χ3n) is 0.519. The van der Waals surface area contributed by atoms with Gasteiger partial charge in [-0.3, -0.25) is 0 Å². The van der Waals surface area contributed by atoms with Gasteiger partial charge >= 0.3 is 6.47 Å². The molecule has 0 amide bonds. The largest absolute Gasteiger partial charge is 0.446 e. The van der Waals surface area contributed by atoms with Crippen LogP contribution in [0.4, 0.5) is 0 Å². The Kier molecular flexibility index (Phi) is 4.85. The molecule has 3 heteroatoms. The van der Waals surface area contributed by atoms with Gasteiger partial charge in [0.2, 0.25) is 0 Å². The van der Waals surface area contributed by atoms with Crippen molar-refractivity contribution < 1.29 is 9.53 Å². The second kappa shape index (κ2) is 4.97. The summed E-state index contributed by atoms with van der Waals surface area (Å²) in [6, 6.07) is 0. The van der Waals surface area contributed by atoms with E-state index in [2.05, 4.69) is 4.74 Å². The highest BCUT2D eigenvalue weighted by Crippen LogP contribution is 2.07. The van der Waals surface area contributed by atoms with Crippen molar-refractivity contribution in [3.8, 4) is 0 Å². The van der Waals surface area contributed by atoms with Crippen molar-refractivity contribution in [2.75, 3.05) is 5.94 Å². The number of ether oxygens (including phenoxy) is 1. The van der Waals surface area contributed by atoms with E-state index in [1.165, 1.54) is 6.47 Å². The topological polar surface area (TPSA) is 26.3 Å². The van der Waals surface area contributed by atoms with Crippen LogP contribution in [0.2, 0.25) is 0 Å². The zero-order chi connectivity index (χ0) is 6.41. The lowest BCUT2D eigenvalue weighted by Gasteiger charge is -1.99. The molecule has 0 heterocycles. The Morgan fingerprint density at radius 1 is 1.75 bits per heavy atom. The molecule has 0 aromatic carbocycles. The summed E-state index contributed by atoms with van der Waals surface area (Å²) in [6.45, 7) is 5.43. The van der Waals surface area contributed by atoms with Crippen molar-refractivity contribution in [3.05, 3.63) is 0 Å². The van der Waals surface area contributed by atoms with Gasteiger partial charge in [0.05, 0.1) is 0 Å². The van der Waals surface area contributed by atoms with E-state index in [1.54, 1.807) is 11.8 Å². The molecule has 0 unspecified atom stereocenters. The molecule has 0 spiro atoms. The van der Waals surface area contributed by atoms with E-state index < -0.39 is 0 Å². The van der Waals surface area contributed by atoms with Crippen LogP contribution in [0.1, 0.15) is 13.8 Å². The fourth-order valence-corrected chi connectivity index (χ4v) is 0.582. The molecule has 1 radical (unpaired) electrons. The Hall–Kier alpha value is -0.180. The quantitative estimate of drug-likeness (QED) is 0.425. The second-order valence-electron chi connectivity index (χ2n) is 1.56. The maximum atomic E-state index is 9.43.